The van der Waals surface area contributed by atoms with Crippen LogP contribution in [-0.4, -0.2) is 37.7 Å². The number of esters is 2. The van der Waals surface area contributed by atoms with Gasteiger partial charge < -0.3 is 9.47 Å². The summed E-state index contributed by atoms with van der Waals surface area (Å²) in [5.74, 6) is 0.253. The Labute approximate surface area is 162 Å². The van der Waals surface area contributed by atoms with Gasteiger partial charge >= 0.3 is 11.9 Å². The summed E-state index contributed by atoms with van der Waals surface area (Å²) < 4.78 is 10.8. The first kappa shape index (κ1) is 16.1. The number of ether oxygens (including phenoxy) is 2. The first-order chi connectivity index (χ1) is 13.5. The number of rotatable bonds is 2. The zero-order chi connectivity index (χ0) is 19.3. The highest BCUT2D eigenvalue weighted by Gasteiger charge is 3.01. The largest absolute Gasteiger partial charge is 0.469 e. The monoisotopic (exact) mass is 384 g/mol. The van der Waals surface area contributed by atoms with Gasteiger partial charge in [0.1, 0.15) is 11.6 Å². The molecule has 0 unspecified atom stereocenters. The van der Waals surface area contributed by atoms with Crippen molar-refractivity contribution >= 4 is 23.5 Å². The summed E-state index contributed by atoms with van der Waals surface area (Å²) in [7, 11) is 2.80. The van der Waals surface area contributed by atoms with Gasteiger partial charge in [0.05, 0.1) is 25.0 Å². The Balaban J connectivity index is 1.55. The Morgan fingerprint density at radius 1 is 0.750 bits per heavy atom. The average Bonchev–Trinajstić information content (AvgIpc) is 3.49. The molecular weight excluding hydrogens is 360 g/mol. The molecule has 0 radical (unpaired) electrons. The molecule has 8 saturated carbocycles. The quantitative estimate of drug-likeness (QED) is 0.666. The van der Waals surface area contributed by atoms with Gasteiger partial charge in [-0.05, 0) is 60.2 Å². The average molecular weight is 384 g/mol. The van der Waals surface area contributed by atoms with Crippen LogP contribution in [0, 0.1) is 70.0 Å². The number of carbonyl (C=O) groups is 4. The van der Waals surface area contributed by atoms with Gasteiger partial charge in [-0.15, -0.1) is 0 Å². The molecule has 0 aromatic heterocycles. The van der Waals surface area contributed by atoms with Gasteiger partial charge in [-0.3, -0.25) is 19.2 Å². The topological polar surface area (TPSA) is 86.7 Å². The molecule has 0 amide bonds. The maximum atomic E-state index is 13.6. The van der Waals surface area contributed by atoms with Crippen molar-refractivity contribution < 1.29 is 28.7 Å². The lowest BCUT2D eigenvalue weighted by atomic mass is 9.43. The van der Waals surface area contributed by atoms with Crippen LogP contribution in [0.5, 0.6) is 0 Å². The fourth-order valence-electron chi connectivity index (χ4n) is 11.2. The highest BCUT2D eigenvalue weighted by atomic mass is 16.5. The SMILES string of the molecule is COC(=O)[C@]12[C@@H]3[C@H]4C(=O)CC[C@H]4[C@@H]4[C@H]3[C@H]3[C@@H]1[C@H]1CCC(=O)[C@@H]1[C@@H]3[C@@]42C(=O)OC. The molecular formula is C22H24O6. The van der Waals surface area contributed by atoms with Crippen molar-refractivity contribution in [3.05, 3.63) is 0 Å². The van der Waals surface area contributed by atoms with Gasteiger partial charge in [-0.1, -0.05) is 0 Å². The maximum absolute atomic E-state index is 13.6. The second-order valence-corrected chi connectivity index (χ2v) is 10.4. The third-order valence-corrected chi connectivity index (χ3v) is 10.7. The summed E-state index contributed by atoms with van der Waals surface area (Å²) in [5, 5.41) is 0. The van der Waals surface area contributed by atoms with Gasteiger partial charge in [-0.2, -0.15) is 0 Å². The van der Waals surface area contributed by atoms with Crippen LogP contribution in [0.15, 0.2) is 0 Å². The van der Waals surface area contributed by atoms with E-state index in [-0.39, 0.29) is 82.7 Å². The first-order valence-electron chi connectivity index (χ1n) is 10.7. The number of hydrogen-bond acceptors (Lipinski definition) is 6. The van der Waals surface area contributed by atoms with Crippen LogP contribution < -0.4 is 0 Å². The highest BCUT2D eigenvalue weighted by Crippen LogP contribution is 2.97. The highest BCUT2D eigenvalue weighted by molar-refractivity contribution is 5.99. The van der Waals surface area contributed by atoms with Crippen molar-refractivity contribution in [2.24, 2.45) is 70.0 Å². The molecule has 0 aromatic rings. The Morgan fingerprint density at radius 3 is 1.50 bits per heavy atom. The Kier molecular flexibility index (Phi) is 2.53. The van der Waals surface area contributed by atoms with E-state index in [1.165, 1.54) is 14.2 Å². The number of ketones is 2. The number of hydrogen-bond donors (Lipinski definition) is 0. The summed E-state index contributed by atoms with van der Waals surface area (Å²) in [4.78, 5) is 52.8. The van der Waals surface area contributed by atoms with E-state index in [4.69, 9.17) is 9.47 Å². The van der Waals surface area contributed by atoms with E-state index in [9.17, 15) is 19.2 Å². The molecule has 0 aliphatic heterocycles. The van der Waals surface area contributed by atoms with Gasteiger partial charge in [0.25, 0.3) is 0 Å². The summed E-state index contributed by atoms with van der Waals surface area (Å²) in [6.45, 7) is 0. The standard InChI is InChI=1S/C22H24O6/c1-27-19(25)21-15-7-3-5-10(24)12(7)18-13(15)14-16(22(18,21)20(26)28-2)8-4-6-9(23)11(8)17(14)21/h7-8,11-18H,3-6H2,1-2H3/t7-,8+,11-,12-,13-,14+,15-,16+,17+,18-,21-,22-/m1/s1. The molecule has 0 heterocycles. The lowest BCUT2D eigenvalue weighted by Crippen LogP contribution is -2.66. The van der Waals surface area contributed by atoms with Crippen LogP contribution in [-0.2, 0) is 28.7 Å². The number of Topliss-reactive ketones (excluding diaryl/α,β-unsaturated/α-hetero) is 2. The summed E-state index contributed by atoms with van der Waals surface area (Å²) in [6.07, 6.45) is 2.72. The third kappa shape index (κ3) is 1.10. The molecule has 8 rings (SSSR count). The zero-order valence-electron chi connectivity index (χ0n) is 16.1. The first-order valence-corrected chi connectivity index (χ1v) is 10.7. The van der Waals surface area contributed by atoms with Crippen LogP contribution >= 0.6 is 0 Å². The second-order valence-electron chi connectivity index (χ2n) is 10.4. The summed E-state index contributed by atoms with van der Waals surface area (Å²) in [5.41, 5.74) is -1.90. The molecule has 6 nitrogen and oxygen atoms in total. The van der Waals surface area contributed by atoms with E-state index in [0.29, 0.717) is 12.8 Å². The molecule has 0 saturated heterocycles. The lowest BCUT2D eigenvalue weighted by molar-refractivity contribution is -0.208. The molecule has 12 atom stereocenters. The van der Waals surface area contributed by atoms with Crippen molar-refractivity contribution in [2.45, 2.75) is 25.7 Å². The molecule has 148 valence electrons. The van der Waals surface area contributed by atoms with E-state index in [1.54, 1.807) is 0 Å². The second kappa shape index (κ2) is 4.39. The van der Waals surface area contributed by atoms with Crippen LogP contribution in [0.4, 0.5) is 0 Å². The number of methoxy groups -OCH3 is 2. The van der Waals surface area contributed by atoms with Gasteiger partial charge in [0.15, 0.2) is 0 Å². The predicted octanol–water partition coefficient (Wildman–Crippen LogP) is 1.26. The Morgan fingerprint density at radius 2 is 1.14 bits per heavy atom. The van der Waals surface area contributed by atoms with Crippen molar-refractivity contribution in [1.82, 2.24) is 0 Å². The van der Waals surface area contributed by atoms with E-state index >= 15 is 0 Å². The van der Waals surface area contributed by atoms with Crippen molar-refractivity contribution in [3.63, 3.8) is 0 Å². The molecule has 8 bridgehead atoms. The van der Waals surface area contributed by atoms with Crippen molar-refractivity contribution in [1.29, 1.82) is 0 Å². The molecule has 8 aliphatic carbocycles. The van der Waals surface area contributed by atoms with E-state index in [1.807, 2.05) is 0 Å². The molecule has 8 aliphatic rings. The van der Waals surface area contributed by atoms with Crippen LogP contribution in [0.25, 0.3) is 0 Å². The van der Waals surface area contributed by atoms with Gasteiger partial charge in [-0.25, -0.2) is 0 Å². The van der Waals surface area contributed by atoms with Crippen LogP contribution in [0.2, 0.25) is 0 Å². The molecule has 0 aromatic carbocycles. The van der Waals surface area contributed by atoms with Gasteiger partial charge in [0, 0.05) is 24.7 Å². The van der Waals surface area contributed by atoms with Crippen LogP contribution in [0.1, 0.15) is 25.7 Å². The lowest BCUT2D eigenvalue weighted by Gasteiger charge is -2.57. The molecule has 0 spiro atoms. The van der Waals surface area contributed by atoms with Gasteiger partial charge in [0.2, 0.25) is 0 Å². The van der Waals surface area contributed by atoms with E-state index in [0.717, 1.165) is 12.8 Å². The fraction of sp³-hybridized carbons (Fsp3) is 0.818. The summed E-state index contributed by atoms with van der Waals surface area (Å²) >= 11 is 0. The smallest absolute Gasteiger partial charge is 0.313 e. The number of fused-ring (bicyclic) bond motifs is 2. The number of carbonyl (C=O) groups excluding carboxylic acids is 4. The molecule has 8 fully saturated rings. The Bertz CT molecular complexity index is 821. The maximum Gasteiger partial charge on any atom is 0.313 e. The van der Waals surface area contributed by atoms with E-state index in [2.05, 4.69) is 0 Å². The van der Waals surface area contributed by atoms with Crippen molar-refractivity contribution in [2.75, 3.05) is 14.2 Å². The minimum atomic E-state index is -0.952. The molecule has 0 N–H and O–H groups in total. The third-order valence-electron chi connectivity index (χ3n) is 10.7. The fourth-order valence-corrected chi connectivity index (χ4v) is 11.2. The molecule has 28 heavy (non-hydrogen) atoms. The van der Waals surface area contributed by atoms with E-state index < -0.39 is 10.8 Å². The van der Waals surface area contributed by atoms with Crippen molar-refractivity contribution in [3.8, 4) is 0 Å². The molecule has 6 heteroatoms. The minimum absolute atomic E-state index is 0.00102. The predicted molar refractivity (Wildman–Crippen MR) is 92.3 cm³/mol. The zero-order valence-corrected chi connectivity index (χ0v) is 16.1. The summed E-state index contributed by atoms with van der Waals surface area (Å²) in [6, 6.07) is 0. The minimum Gasteiger partial charge on any atom is -0.469 e. The normalized spacial score (nSPS) is 60.6. The Hall–Kier alpha value is -1.72. The van der Waals surface area contributed by atoms with Crippen LogP contribution in [0.3, 0.4) is 0 Å².